The highest BCUT2D eigenvalue weighted by molar-refractivity contribution is 7.42. The van der Waals surface area contributed by atoms with Gasteiger partial charge in [0.1, 0.15) is 0 Å². The molecule has 0 aliphatic carbocycles. The summed E-state index contributed by atoms with van der Waals surface area (Å²) >= 11 is 0. The predicted octanol–water partition coefficient (Wildman–Crippen LogP) is 2.13. The summed E-state index contributed by atoms with van der Waals surface area (Å²) in [6, 6.07) is 0. The summed E-state index contributed by atoms with van der Waals surface area (Å²) in [5.74, 6) is 0. The van der Waals surface area contributed by atoms with Crippen LogP contribution >= 0.6 is 7.69 Å². The predicted molar refractivity (Wildman–Crippen MR) is 68.5 cm³/mol. The minimum atomic E-state index is -0.926. The van der Waals surface area contributed by atoms with E-state index in [1.54, 1.807) is 4.33 Å². The van der Waals surface area contributed by atoms with Crippen LogP contribution in [0.4, 0.5) is 0 Å². The van der Waals surface area contributed by atoms with E-state index in [-0.39, 0.29) is 11.0 Å². The maximum Gasteiger partial charge on any atom is 0.334 e. The van der Waals surface area contributed by atoms with Gasteiger partial charge in [-0.1, -0.05) is 26.7 Å². The Kier molecular flexibility index (Phi) is 5.07. The third kappa shape index (κ3) is 2.67. The molecule has 1 aromatic heterocycles. The summed E-state index contributed by atoms with van der Waals surface area (Å²) in [6.07, 6.45) is 3.94. The third-order valence-electron chi connectivity index (χ3n) is 2.78. The number of hydrogen-bond donors (Lipinski definition) is 0. The first-order chi connectivity index (χ1) is 7.63. The first-order valence-electron chi connectivity index (χ1n) is 6.00. The van der Waals surface area contributed by atoms with Crippen molar-refractivity contribution in [2.75, 3.05) is 0 Å². The Morgan fingerprint density at radius 1 is 1.06 bits per heavy atom. The maximum absolute atomic E-state index is 12.0. The first-order valence-corrected chi connectivity index (χ1v) is 7.74. The van der Waals surface area contributed by atoms with E-state index >= 15 is 0 Å². The molecule has 16 heavy (non-hydrogen) atoms. The second-order valence-electron chi connectivity index (χ2n) is 4.07. The molecular formula is C11H21N2O2P. The molecule has 0 aromatic carbocycles. The zero-order valence-corrected chi connectivity index (χ0v) is 11.3. The van der Waals surface area contributed by atoms with Crippen LogP contribution in [0.3, 0.4) is 0 Å². The molecule has 1 heterocycles. The highest BCUT2D eigenvalue weighted by Gasteiger charge is 2.12. The summed E-state index contributed by atoms with van der Waals surface area (Å²) < 4.78 is 3.20. The van der Waals surface area contributed by atoms with Crippen LogP contribution in [0.25, 0.3) is 0 Å². The van der Waals surface area contributed by atoms with Crippen LogP contribution in [-0.2, 0) is 19.8 Å². The molecule has 0 bridgehead atoms. The number of unbranched alkanes of at least 4 members (excludes halogenated alkanes) is 2. The van der Waals surface area contributed by atoms with E-state index < -0.39 is 7.69 Å². The fraction of sp³-hybridized carbons (Fsp3) is 0.818. The lowest BCUT2D eigenvalue weighted by molar-refractivity contribution is 0.565. The van der Waals surface area contributed by atoms with E-state index in [0.29, 0.717) is 6.54 Å². The van der Waals surface area contributed by atoms with Crippen molar-refractivity contribution in [2.45, 2.75) is 52.6 Å². The first kappa shape index (κ1) is 13.3. The van der Waals surface area contributed by atoms with Crippen molar-refractivity contribution in [1.29, 1.82) is 0 Å². The molecule has 0 N–H and O–H groups in total. The van der Waals surface area contributed by atoms with Crippen LogP contribution in [0.1, 0.15) is 39.5 Å². The number of hydrogen-bond acceptors (Lipinski definition) is 2. The fourth-order valence-electron chi connectivity index (χ4n) is 1.69. The average molecular weight is 244 g/mol. The van der Waals surface area contributed by atoms with Gasteiger partial charge in [0.25, 0.3) is 5.29 Å². The van der Waals surface area contributed by atoms with Crippen LogP contribution in [0, 0.1) is 0 Å². The van der Waals surface area contributed by atoms with Gasteiger partial charge in [0.05, 0.1) is 0 Å². The summed E-state index contributed by atoms with van der Waals surface area (Å²) in [4.78, 5) is 23.9. The fourth-order valence-corrected chi connectivity index (χ4v) is 3.24. The number of nitrogens with zero attached hydrogens (tertiary/aromatic N) is 2. The van der Waals surface area contributed by atoms with E-state index in [2.05, 4.69) is 13.8 Å². The number of rotatable bonds is 6. The van der Waals surface area contributed by atoms with Crippen molar-refractivity contribution in [3.8, 4) is 0 Å². The van der Waals surface area contributed by atoms with Crippen molar-refractivity contribution < 1.29 is 0 Å². The Morgan fingerprint density at radius 3 is 2.19 bits per heavy atom. The lowest BCUT2D eigenvalue weighted by Gasteiger charge is -2.01. The van der Waals surface area contributed by atoms with Gasteiger partial charge in [0.2, 0.25) is 0 Å². The van der Waals surface area contributed by atoms with Crippen molar-refractivity contribution in [3.05, 3.63) is 20.6 Å². The van der Waals surface area contributed by atoms with E-state index in [1.165, 1.54) is 4.57 Å². The van der Waals surface area contributed by atoms with Crippen LogP contribution < -0.4 is 11.0 Å². The van der Waals surface area contributed by atoms with E-state index in [9.17, 15) is 9.59 Å². The minimum Gasteiger partial charge on any atom is -0.279 e. The summed E-state index contributed by atoms with van der Waals surface area (Å²) in [5.41, 5.74) is -0.0690. The molecule has 92 valence electrons. The topological polar surface area (TPSA) is 44.0 Å². The average Bonchev–Trinajstić information content (AvgIpc) is 2.47. The van der Waals surface area contributed by atoms with Gasteiger partial charge in [-0.3, -0.25) is 13.7 Å². The smallest absolute Gasteiger partial charge is 0.279 e. The lowest BCUT2D eigenvalue weighted by Crippen LogP contribution is -2.29. The zero-order chi connectivity index (χ0) is 12.1. The standard InChI is InChI=1S/C11H21N2O2P/c1-4-6-8-12-10(14)13(9-7-5-2)16(3)11(12)15/h4-9H2,1-3H3. The molecule has 0 saturated carbocycles. The molecule has 0 aliphatic rings. The maximum atomic E-state index is 12.0. The van der Waals surface area contributed by atoms with Crippen molar-refractivity contribution >= 4 is 7.69 Å². The van der Waals surface area contributed by atoms with Crippen LogP contribution in [0.15, 0.2) is 9.59 Å². The van der Waals surface area contributed by atoms with Crippen LogP contribution in [-0.4, -0.2) is 8.90 Å². The summed E-state index contributed by atoms with van der Waals surface area (Å²) in [7, 11) is -0.926. The Bertz CT molecular complexity index is 442. The van der Waals surface area contributed by atoms with Gasteiger partial charge >= 0.3 is 5.69 Å². The molecule has 0 radical (unpaired) electrons. The second-order valence-corrected chi connectivity index (χ2v) is 5.98. The third-order valence-corrected chi connectivity index (χ3v) is 4.67. The molecule has 4 nitrogen and oxygen atoms in total. The Hall–Kier alpha value is -0.760. The van der Waals surface area contributed by atoms with Gasteiger partial charge in [0, 0.05) is 20.8 Å². The molecule has 0 amide bonds. The molecule has 0 saturated heterocycles. The highest BCUT2D eigenvalue weighted by Crippen LogP contribution is 2.13. The van der Waals surface area contributed by atoms with Gasteiger partial charge in [-0.15, -0.1) is 0 Å². The minimum absolute atomic E-state index is 0.0320. The van der Waals surface area contributed by atoms with E-state index in [0.717, 1.165) is 32.2 Å². The van der Waals surface area contributed by atoms with Crippen molar-refractivity contribution in [2.24, 2.45) is 6.66 Å². The monoisotopic (exact) mass is 244 g/mol. The molecule has 1 atom stereocenters. The molecular weight excluding hydrogens is 223 g/mol. The highest BCUT2D eigenvalue weighted by atomic mass is 31.1. The SMILES string of the molecule is CCCCn1c(=O)n(CCCC)p(C)c1=O. The van der Waals surface area contributed by atoms with Gasteiger partial charge in [-0.05, 0) is 19.5 Å². The Morgan fingerprint density at radius 2 is 1.62 bits per heavy atom. The van der Waals surface area contributed by atoms with Crippen molar-refractivity contribution in [3.63, 3.8) is 0 Å². The quantitative estimate of drug-likeness (QED) is 0.769. The van der Waals surface area contributed by atoms with Gasteiger partial charge < -0.3 is 0 Å². The molecule has 0 fully saturated rings. The summed E-state index contributed by atoms with van der Waals surface area (Å²) in [5, 5.41) is 0.0320. The van der Waals surface area contributed by atoms with Gasteiger partial charge in [0.15, 0.2) is 0 Å². The summed E-state index contributed by atoms with van der Waals surface area (Å²) in [6.45, 7) is 7.36. The van der Waals surface area contributed by atoms with Gasteiger partial charge in [-0.2, -0.15) is 0 Å². The van der Waals surface area contributed by atoms with E-state index in [4.69, 9.17) is 0 Å². The molecule has 1 aromatic rings. The van der Waals surface area contributed by atoms with Gasteiger partial charge in [-0.25, -0.2) is 4.79 Å². The van der Waals surface area contributed by atoms with Crippen LogP contribution in [0.5, 0.6) is 0 Å². The molecule has 5 heteroatoms. The number of aromatic nitrogens is 2. The van der Waals surface area contributed by atoms with Crippen LogP contribution in [0.2, 0.25) is 0 Å². The second kappa shape index (κ2) is 6.09. The molecule has 1 unspecified atom stereocenters. The van der Waals surface area contributed by atoms with E-state index in [1.807, 2.05) is 6.66 Å². The van der Waals surface area contributed by atoms with Crippen molar-refractivity contribution in [1.82, 2.24) is 8.90 Å². The normalized spacial score (nSPS) is 12.1. The molecule has 0 spiro atoms. The largest absolute Gasteiger partial charge is 0.334 e. The molecule has 0 aliphatic heterocycles. The molecule has 1 rings (SSSR count). The zero-order valence-electron chi connectivity index (χ0n) is 10.4. The Labute approximate surface area is 97.0 Å². The lowest BCUT2D eigenvalue weighted by atomic mass is 10.3. The Balaban J connectivity index is 3.03.